The van der Waals surface area contributed by atoms with Gasteiger partial charge in [-0.15, -0.1) is 11.3 Å². The minimum Gasteiger partial charge on any atom is -0.326 e. The van der Waals surface area contributed by atoms with E-state index < -0.39 is 0 Å². The highest BCUT2D eigenvalue weighted by Crippen LogP contribution is 2.26. The Labute approximate surface area is 92.8 Å². The summed E-state index contributed by atoms with van der Waals surface area (Å²) in [5.74, 6) is 0. The summed E-state index contributed by atoms with van der Waals surface area (Å²) in [7, 11) is 0. The minimum atomic E-state index is 0.396. The van der Waals surface area contributed by atoms with Crippen LogP contribution in [0.2, 0.25) is 0 Å². The smallest absolute Gasteiger partial charge is 0.141 e. The Kier molecular flexibility index (Phi) is 2.83. The molecule has 15 heavy (non-hydrogen) atoms. The van der Waals surface area contributed by atoms with Crippen LogP contribution >= 0.6 is 11.3 Å². The van der Waals surface area contributed by atoms with Gasteiger partial charge < -0.3 is 10.3 Å². The fourth-order valence-corrected chi connectivity index (χ4v) is 2.21. The predicted molar refractivity (Wildman–Crippen MR) is 61.6 cm³/mol. The van der Waals surface area contributed by atoms with E-state index in [1.54, 1.807) is 11.3 Å². The van der Waals surface area contributed by atoms with E-state index in [0.717, 1.165) is 15.6 Å². The summed E-state index contributed by atoms with van der Waals surface area (Å²) in [4.78, 5) is 9.60. The molecule has 0 amide bonds. The maximum absolute atomic E-state index is 5.56. The molecule has 0 saturated heterocycles. The highest BCUT2D eigenvalue weighted by atomic mass is 32.1. The van der Waals surface area contributed by atoms with Crippen LogP contribution in [0.4, 0.5) is 0 Å². The maximum Gasteiger partial charge on any atom is 0.141 e. The van der Waals surface area contributed by atoms with E-state index in [-0.39, 0.29) is 0 Å². The molecule has 0 radical (unpaired) electrons. The number of hydrogen-bond acceptors (Lipinski definition) is 4. The van der Waals surface area contributed by atoms with Crippen LogP contribution in [0.5, 0.6) is 0 Å². The molecule has 2 N–H and O–H groups in total. The number of nitrogens with two attached hydrogens (primary N) is 1. The number of thiazole rings is 1. The summed E-state index contributed by atoms with van der Waals surface area (Å²) in [6.45, 7) is 4.80. The van der Waals surface area contributed by atoms with Crippen molar-refractivity contribution in [3.63, 3.8) is 0 Å². The van der Waals surface area contributed by atoms with Crippen LogP contribution in [0.1, 0.15) is 24.8 Å². The first-order valence-corrected chi connectivity index (χ1v) is 5.71. The molecule has 0 aliphatic carbocycles. The molecule has 0 unspecified atom stereocenters. The third-order valence-electron chi connectivity index (χ3n) is 2.20. The summed E-state index contributed by atoms with van der Waals surface area (Å²) in [6, 6.07) is 0.396. The van der Waals surface area contributed by atoms with Crippen LogP contribution in [-0.2, 0) is 6.54 Å². The summed E-state index contributed by atoms with van der Waals surface area (Å²) in [6.07, 6.45) is 5.51. The zero-order valence-electron chi connectivity index (χ0n) is 8.84. The van der Waals surface area contributed by atoms with Crippen LogP contribution in [0.15, 0.2) is 18.7 Å². The lowest BCUT2D eigenvalue weighted by Gasteiger charge is -2.09. The molecule has 0 spiro atoms. The van der Waals surface area contributed by atoms with Gasteiger partial charge in [0.15, 0.2) is 0 Å². The fraction of sp³-hybridized carbons (Fsp3) is 0.400. The molecule has 0 aliphatic heterocycles. The highest BCUT2D eigenvalue weighted by Gasteiger charge is 2.10. The molecule has 2 aromatic rings. The van der Waals surface area contributed by atoms with E-state index in [2.05, 4.69) is 28.4 Å². The molecule has 0 fully saturated rings. The van der Waals surface area contributed by atoms with Crippen LogP contribution in [-0.4, -0.2) is 14.5 Å². The summed E-state index contributed by atoms with van der Waals surface area (Å²) in [5, 5.41) is 0.988. The second kappa shape index (κ2) is 4.12. The van der Waals surface area contributed by atoms with Crippen molar-refractivity contribution >= 4 is 11.3 Å². The van der Waals surface area contributed by atoms with Gasteiger partial charge in [0.2, 0.25) is 0 Å². The molecule has 2 rings (SSSR count). The Morgan fingerprint density at radius 3 is 2.87 bits per heavy atom. The van der Waals surface area contributed by atoms with Gasteiger partial charge in [-0.3, -0.25) is 0 Å². The van der Waals surface area contributed by atoms with Crippen LogP contribution in [0, 0.1) is 0 Å². The van der Waals surface area contributed by atoms with Gasteiger partial charge in [0.1, 0.15) is 5.01 Å². The third kappa shape index (κ3) is 1.93. The second-order valence-corrected chi connectivity index (χ2v) is 4.73. The van der Waals surface area contributed by atoms with Gasteiger partial charge in [-0.2, -0.15) is 0 Å². The molecule has 5 heteroatoms. The fourth-order valence-electron chi connectivity index (χ4n) is 1.40. The van der Waals surface area contributed by atoms with Gasteiger partial charge in [0, 0.05) is 23.7 Å². The minimum absolute atomic E-state index is 0.396. The molecular weight excluding hydrogens is 208 g/mol. The van der Waals surface area contributed by atoms with Crippen LogP contribution in [0.25, 0.3) is 10.7 Å². The topological polar surface area (TPSA) is 56.7 Å². The summed E-state index contributed by atoms with van der Waals surface area (Å²) < 4.78 is 2.11. The Morgan fingerprint density at radius 2 is 2.27 bits per heavy atom. The molecule has 80 valence electrons. The van der Waals surface area contributed by atoms with E-state index in [0.29, 0.717) is 12.6 Å². The van der Waals surface area contributed by atoms with Crippen molar-refractivity contribution in [2.75, 3.05) is 0 Å². The zero-order valence-corrected chi connectivity index (χ0v) is 9.66. The van der Waals surface area contributed by atoms with Crippen LogP contribution in [0.3, 0.4) is 0 Å². The van der Waals surface area contributed by atoms with Crippen molar-refractivity contribution in [2.24, 2.45) is 5.73 Å². The lowest BCUT2D eigenvalue weighted by molar-refractivity contribution is 0.605. The van der Waals surface area contributed by atoms with E-state index in [1.807, 2.05) is 18.7 Å². The Bertz CT molecular complexity index is 444. The molecule has 2 aromatic heterocycles. The molecular formula is C10H14N4S. The largest absolute Gasteiger partial charge is 0.326 e. The lowest BCUT2D eigenvalue weighted by atomic mass is 10.3. The van der Waals surface area contributed by atoms with Gasteiger partial charge >= 0.3 is 0 Å². The van der Waals surface area contributed by atoms with E-state index in [9.17, 15) is 0 Å². The van der Waals surface area contributed by atoms with Gasteiger partial charge in [-0.05, 0) is 13.8 Å². The molecule has 0 aliphatic rings. The molecule has 4 nitrogen and oxygen atoms in total. The zero-order chi connectivity index (χ0) is 10.8. The lowest BCUT2D eigenvalue weighted by Crippen LogP contribution is -2.00. The average Bonchev–Trinajstić information content (AvgIpc) is 2.85. The number of aromatic nitrogens is 3. The second-order valence-electron chi connectivity index (χ2n) is 3.62. The van der Waals surface area contributed by atoms with Crippen molar-refractivity contribution in [2.45, 2.75) is 26.4 Å². The first-order chi connectivity index (χ1) is 7.22. The summed E-state index contributed by atoms with van der Waals surface area (Å²) in [5.41, 5.74) is 6.63. The first kappa shape index (κ1) is 10.3. The monoisotopic (exact) mass is 222 g/mol. The van der Waals surface area contributed by atoms with Gasteiger partial charge in [-0.1, -0.05) is 0 Å². The van der Waals surface area contributed by atoms with Crippen molar-refractivity contribution in [3.05, 3.63) is 23.6 Å². The SMILES string of the molecule is CC(C)n1cncc1-c1ncc(CN)s1. The quantitative estimate of drug-likeness (QED) is 0.864. The Hall–Kier alpha value is -1.20. The Balaban J connectivity index is 2.40. The van der Waals surface area contributed by atoms with Crippen molar-refractivity contribution in [1.29, 1.82) is 0 Å². The standard InChI is InChI=1S/C10H14N4S/c1-7(2)14-6-12-5-9(14)10-13-4-8(3-11)15-10/h4-7H,3,11H2,1-2H3. The number of nitrogens with zero attached hydrogens (tertiary/aromatic N) is 3. The number of hydrogen-bond donors (Lipinski definition) is 1. The predicted octanol–water partition coefficient (Wildman–Crippen LogP) is 2.05. The molecule has 0 saturated carbocycles. The molecule has 2 heterocycles. The van der Waals surface area contributed by atoms with Crippen molar-refractivity contribution in [3.8, 4) is 10.7 Å². The van der Waals surface area contributed by atoms with E-state index >= 15 is 0 Å². The van der Waals surface area contributed by atoms with Crippen molar-refractivity contribution in [1.82, 2.24) is 14.5 Å². The molecule has 0 atom stereocenters. The van der Waals surface area contributed by atoms with Gasteiger partial charge in [0.25, 0.3) is 0 Å². The van der Waals surface area contributed by atoms with E-state index in [4.69, 9.17) is 5.73 Å². The van der Waals surface area contributed by atoms with Gasteiger partial charge in [0.05, 0.1) is 18.2 Å². The molecule has 0 aromatic carbocycles. The Morgan fingerprint density at radius 1 is 1.47 bits per heavy atom. The normalized spacial score (nSPS) is 11.2. The van der Waals surface area contributed by atoms with E-state index in [1.165, 1.54) is 0 Å². The maximum atomic E-state index is 5.56. The summed E-state index contributed by atoms with van der Waals surface area (Å²) >= 11 is 1.63. The number of rotatable bonds is 3. The molecule has 0 bridgehead atoms. The first-order valence-electron chi connectivity index (χ1n) is 4.89. The highest BCUT2D eigenvalue weighted by molar-refractivity contribution is 7.14. The number of imidazole rings is 1. The van der Waals surface area contributed by atoms with Crippen LogP contribution < -0.4 is 5.73 Å². The third-order valence-corrected chi connectivity index (χ3v) is 3.24. The van der Waals surface area contributed by atoms with Crippen molar-refractivity contribution < 1.29 is 0 Å². The average molecular weight is 222 g/mol. The van der Waals surface area contributed by atoms with Gasteiger partial charge in [-0.25, -0.2) is 9.97 Å².